The molecule has 3 heterocycles. The van der Waals surface area contributed by atoms with Crippen molar-refractivity contribution in [3.05, 3.63) is 46.7 Å². The first kappa shape index (κ1) is 22.2. The highest BCUT2D eigenvalue weighted by Gasteiger charge is 2.28. The smallest absolute Gasteiger partial charge is 0.487 e. The second-order valence-corrected chi connectivity index (χ2v) is 9.39. The molecule has 4 rings (SSSR count). The zero-order chi connectivity index (χ0) is 22.6. The largest absolute Gasteiger partial charge is 0.528 e. The van der Waals surface area contributed by atoms with Gasteiger partial charge in [0.2, 0.25) is 0 Å². The van der Waals surface area contributed by atoms with Crippen LogP contribution in [0.25, 0.3) is 5.69 Å². The number of piperidine rings is 1. The van der Waals surface area contributed by atoms with Crippen LogP contribution in [0.3, 0.4) is 0 Å². The summed E-state index contributed by atoms with van der Waals surface area (Å²) in [5.41, 5.74) is 1.15. The van der Waals surface area contributed by atoms with E-state index in [1.54, 1.807) is 21.1 Å². The van der Waals surface area contributed by atoms with Crippen LogP contribution in [-0.4, -0.2) is 55.1 Å². The summed E-state index contributed by atoms with van der Waals surface area (Å²) in [4.78, 5) is 22.1. The maximum atomic E-state index is 12.0. The Bertz CT molecular complexity index is 1020. The molecule has 3 aromatic rings. The summed E-state index contributed by atoms with van der Waals surface area (Å²) in [6.45, 7) is 7.12. The first-order valence-corrected chi connectivity index (χ1v) is 11.3. The van der Waals surface area contributed by atoms with Crippen molar-refractivity contribution < 1.29 is 19.1 Å². The van der Waals surface area contributed by atoms with Gasteiger partial charge in [0.15, 0.2) is 0 Å². The maximum absolute atomic E-state index is 12.0. The third-order valence-corrected chi connectivity index (χ3v) is 5.79. The lowest BCUT2D eigenvalue weighted by Gasteiger charge is -2.30. The van der Waals surface area contributed by atoms with Gasteiger partial charge in [0.25, 0.3) is 0 Å². The first-order valence-electron chi connectivity index (χ1n) is 10.4. The van der Waals surface area contributed by atoms with Crippen LogP contribution in [0.2, 0.25) is 0 Å². The number of thiazole rings is 1. The van der Waals surface area contributed by atoms with Gasteiger partial charge in [-0.1, -0.05) is 0 Å². The molecule has 0 bridgehead atoms. The molecule has 0 spiro atoms. The van der Waals surface area contributed by atoms with E-state index in [-0.39, 0.29) is 5.92 Å². The van der Waals surface area contributed by atoms with Crippen molar-refractivity contribution in [1.82, 2.24) is 30.3 Å². The van der Waals surface area contributed by atoms with Crippen LogP contribution in [-0.2, 0) is 16.2 Å². The van der Waals surface area contributed by atoms with Crippen LogP contribution in [0.15, 0.2) is 36.0 Å². The number of tetrazole rings is 1. The van der Waals surface area contributed by atoms with Crippen molar-refractivity contribution in [3.8, 4) is 11.4 Å². The number of hydroxylamine groups is 2. The minimum Gasteiger partial charge on any atom is -0.487 e. The number of carbonyl (C=O) groups is 1. The SMILES string of the molecule is CC(C)(C)OC(=O)ON1CCCC(c2nc(COc3ccc(-n4cnnn4)cc3)cs2)C1. The van der Waals surface area contributed by atoms with Crippen LogP contribution >= 0.6 is 11.3 Å². The zero-order valence-corrected chi connectivity index (χ0v) is 19.1. The molecule has 0 saturated carbocycles. The molecule has 11 heteroatoms. The molecule has 0 aliphatic carbocycles. The van der Waals surface area contributed by atoms with Gasteiger partial charge in [-0.05, 0) is 68.3 Å². The second-order valence-electron chi connectivity index (χ2n) is 8.50. The van der Waals surface area contributed by atoms with Gasteiger partial charge in [-0.25, -0.2) is 14.5 Å². The number of ether oxygens (including phenoxy) is 2. The normalized spacial score (nSPS) is 17.2. The van der Waals surface area contributed by atoms with Crippen molar-refractivity contribution in [2.75, 3.05) is 13.1 Å². The Kier molecular flexibility index (Phi) is 6.66. The quantitative estimate of drug-likeness (QED) is 0.511. The topological polar surface area (TPSA) is 104 Å². The Morgan fingerprint density at radius 3 is 2.78 bits per heavy atom. The van der Waals surface area contributed by atoms with E-state index in [2.05, 4.69) is 15.5 Å². The molecule has 0 N–H and O–H groups in total. The number of aromatic nitrogens is 5. The van der Waals surface area contributed by atoms with E-state index in [0.29, 0.717) is 19.7 Å². The Morgan fingerprint density at radius 1 is 1.25 bits per heavy atom. The molecule has 10 nitrogen and oxygen atoms in total. The third-order valence-electron chi connectivity index (χ3n) is 4.73. The lowest BCUT2D eigenvalue weighted by molar-refractivity contribution is -0.153. The van der Waals surface area contributed by atoms with Crippen molar-refractivity contribution in [2.45, 2.75) is 51.7 Å². The second kappa shape index (κ2) is 9.61. The Balaban J connectivity index is 1.29. The molecular weight excluding hydrogens is 432 g/mol. The standard InChI is InChI=1S/C21H26N6O4S/c1-21(2,3)30-20(28)31-26-10-4-5-15(11-26)19-23-16(13-32-19)12-29-18-8-6-17(7-9-18)27-14-22-24-25-27/h6-9,13-15H,4-5,10-12H2,1-3H3. The van der Waals surface area contributed by atoms with Gasteiger partial charge in [-0.3, -0.25) is 0 Å². The Morgan fingerprint density at radius 2 is 2.06 bits per heavy atom. The summed E-state index contributed by atoms with van der Waals surface area (Å²) < 4.78 is 12.7. The number of rotatable bonds is 6. The van der Waals surface area contributed by atoms with E-state index >= 15 is 0 Å². The molecule has 0 amide bonds. The number of hydrogen-bond acceptors (Lipinski definition) is 10. The minimum absolute atomic E-state index is 0.209. The summed E-state index contributed by atoms with van der Waals surface area (Å²) in [5, 5.41) is 15.8. The van der Waals surface area contributed by atoms with Gasteiger partial charge in [0.1, 0.15) is 24.3 Å². The van der Waals surface area contributed by atoms with Crippen LogP contribution in [0.1, 0.15) is 50.2 Å². The summed E-state index contributed by atoms with van der Waals surface area (Å²) in [6.07, 6.45) is 2.79. The molecule has 1 aliphatic heterocycles. The van der Waals surface area contributed by atoms with Crippen LogP contribution < -0.4 is 4.74 Å². The van der Waals surface area contributed by atoms with Gasteiger partial charge >= 0.3 is 6.16 Å². The van der Waals surface area contributed by atoms with Crippen LogP contribution in [0.5, 0.6) is 5.75 Å². The number of hydrogen-bond donors (Lipinski definition) is 0. The molecule has 1 atom stereocenters. The average Bonchev–Trinajstić information content (AvgIpc) is 3.44. The summed E-state index contributed by atoms with van der Waals surface area (Å²) in [5.74, 6) is 0.950. The van der Waals surface area contributed by atoms with Gasteiger partial charge in [-0.15, -0.1) is 21.5 Å². The van der Waals surface area contributed by atoms with Crippen molar-refractivity contribution in [1.29, 1.82) is 0 Å². The molecule has 1 fully saturated rings. The van der Waals surface area contributed by atoms with Gasteiger partial charge in [0.05, 0.1) is 16.4 Å². The van der Waals surface area contributed by atoms with Crippen LogP contribution in [0, 0.1) is 0 Å². The van der Waals surface area contributed by atoms with E-state index in [0.717, 1.165) is 35.0 Å². The molecule has 32 heavy (non-hydrogen) atoms. The average molecular weight is 459 g/mol. The molecule has 1 aromatic carbocycles. The predicted molar refractivity (Wildman–Crippen MR) is 116 cm³/mol. The van der Waals surface area contributed by atoms with E-state index in [1.165, 1.54) is 6.33 Å². The van der Waals surface area contributed by atoms with Gasteiger partial charge in [0, 0.05) is 24.4 Å². The van der Waals surface area contributed by atoms with Crippen molar-refractivity contribution in [2.24, 2.45) is 0 Å². The molecule has 1 saturated heterocycles. The molecule has 2 aromatic heterocycles. The predicted octanol–water partition coefficient (Wildman–Crippen LogP) is 3.74. The molecule has 0 radical (unpaired) electrons. The molecule has 1 aliphatic rings. The fraction of sp³-hybridized carbons (Fsp3) is 0.476. The van der Waals surface area contributed by atoms with Crippen molar-refractivity contribution in [3.63, 3.8) is 0 Å². The van der Waals surface area contributed by atoms with E-state index in [9.17, 15) is 4.79 Å². The first-order chi connectivity index (χ1) is 15.4. The number of benzene rings is 1. The Labute approximate surface area is 190 Å². The minimum atomic E-state index is -0.669. The van der Waals surface area contributed by atoms with Crippen LogP contribution in [0.4, 0.5) is 4.79 Å². The van der Waals surface area contributed by atoms with Crippen molar-refractivity contribution >= 4 is 17.5 Å². The number of carbonyl (C=O) groups excluding carboxylic acids is 1. The van der Waals surface area contributed by atoms with Gasteiger partial charge in [-0.2, -0.15) is 0 Å². The number of nitrogens with zero attached hydrogens (tertiary/aromatic N) is 6. The summed E-state index contributed by atoms with van der Waals surface area (Å²) >= 11 is 1.61. The lowest BCUT2D eigenvalue weighted by Crippen LogP contribution is -2.38. The Hall–Kier alpha value is -3.05. The van der Waals surface area contributed by atoms with E-state index in [1.807, 2.05) is 50.4 Å². The fourth-order valence-electron chi connectivity index (χ4n) is 3.31. The lowest BCUT2D eigenvalue weighted by atomic mass is 10.0. The molecule has 170 valence electrons. The van der Waals surface area contributed by atoms with E-state index < -0.39 is 11.8 Å². The highest BCUT2D eigenvalue weighted by atomic mass is 32.1. The summed E-state index contributed by atoms with van der Waals surface area (Å²) in [7, 11) is 0. The highest BCUT2D eigenvalue weighted by Crippen LogP contribution is 2.30. The van der Waals surface area contributed by atoms with Gasteiger partial charge < -0.3 is 14.3 Å². The monoisotopic (exact) mass is 458 g/mol. The highest BCUT2D eigenvalue weighted by molar-refractivity contribution is 7.09. The molecule has 1 unspecified atom stereocenters. The maximum Gasteiger partial charge on any atom is 0.528 e. The van der Waals surface area contributed by atoms with E-state index in [4.69, 9.17) is 19.3 Å². The fourth-order valence-corrected chi connectivity index (χ4v) is 4.24. The molecular formula is C21H26N6O4S. The zero-order valence-electron chi connectivity index (χ0n) is 18.3. The summed E-state index contributed by atoms with van der Waals surface area (Å²) in [6, 6.07) is 7.52. The third kappa shape index (κ3) is 6.01.